The number of benzene rings is 1. The number of phenols is 3. The Hall–Kier alpha value is -1.90. The van der Waals surface area contributed by atoms with Gasteiger partial charge in [0.15, 0.2) is 11.5 Å². The number of aryl methyl sites for hydroxylation is 1. The first-order chi connectivity index (χ1) is 9.32. The minimum Gasteiger partial charge on any atom is -0.507 e. The molecule has 0 bridgehead atoms. The van der Waals surface area contributed by atoms with Crippen molar-refractivity contribution in [2.24, 2.45) is 5.92 Å². The van der Waals surface area contributed by atoms with E-state index in [9.17, 15) is 15.3 Å². The predicted molar refractivity (Wildman–Crippen MR) is 80.2 cm³/mol. The molecular formula is C17H22O3. The molecule has 3 N–H and O–H groups in total. The summed E-state index contributed by atoms with van der Waals surface area (Å²) in [5.74, 6) is -0.329. The van der Waals surface area contributed by atoms with Crippen LogP contribution in [0.15, 0.2) is 29.9 Å². The molecule has 2 unspecified atom stereocenters. The molecule has 20 heavy (non-hydrogen) atoms. The first kappa shape index (κ1) is 14.5. The molecule has 0 spiro atoms. The lowest BCUT2D eigenvalue weighted by Gasteiger charge is -2.31. The summed E-state index contributed by atoms with van der Waals surface area (Å²) < 4.78 is 0. The van der Waals surface area contributed by atoms with E-state index in [4.69, 9.17) is 0 Å². The van der Waals surface area contributed by atoms with Crippen LogP contribution in [0.25, 0.3) is 0 Å². The highest BCUT2D eigenvalue weighted by Gasteiger charge is 2.31. The van der Waals surface area contributed by atoms with Gasteiger partial charge >= 0.3 is 0 Å². The zero-order valence-electron chi connectivity index (χ0n) is 12.3. The summed E-state index contributed by atoms with van der Waals surface area (Å²) in [6, 6.07) is 1.50. The van der Waals surface area contributed by atoms with E-state index in [0.717, 1.165) is 18.4 Å². The summed E-state index contributed by atoms with van der Waals surface area (Å²) in [5.41, 5.74) is 3.12. The molecular weight excluding hydrogens is 252 g/mol. The van der Waals surface area contributed by atoms with Gasteiger partial charge in [-0.15, -0.1) is 0 Å². The molecule has 0 saturated carbocycles. The van der Waals surface area contributed by atoms with Crippen LogP contribution in [0.5, 0.6) is 17.2 Å². The van der Waals surface area contributed by atoms with Crippen molar-refractivity contribution in [3.63, 3.8) is 0 Å². The van der Waals surface area contributed by atoms with Gasteiger partial charge in [0.2, 0.25) is 0 Å². The van der Waals surface area contributed by atoms with Gasteiger partial charge in [0.05, 0.1) is 0 Å². The van der Waals surface area contributed by atoms with Gasteiger partial charge in [0.1, 0.15) is 5.75 Å². The number of aromatic hydroxyl groups is 3. The third kappa shape index (κ3) is 2.40. The fourth-order valence-corrected chi connectivity index (χ4v) is 3.02. The number of allylic oxidation sites excluding steroid dienone is 3. The van der Waals surface area contributed by atoms with Crippen LogP contribution < -0.4 is 0 Å². The topological polar surface area (TPSA) is 60.7 Å². The molecule has 3 nitrogen and oxygen atoms in total. The van der Waals surface area contributed by atoms with Gasteiger partial charge in [-0.1, -0.05) is 23.8 Å². The van der Waals surface area contributed by atoms with Gasteiger partial charge in [-0.2, -0.15) is 0 Å². The van der Waals surface area contributed by atoms with Crippen molar-refractivity contribution in [1.29, 1.82) is 0 Å². The highest BCUT2D eigenvalue weighted by Crippen LogP contribution is 2.49. The molecule has 3 heteroatoms. The van der Waals surface area contributed by atoms with Crippen LogP contribution in [0, 0.1) is 12.8 Å². The fraction of sp³-hybridized carbons (Fsp3) is 0.412. The Morgan fingerprint density at radius 2 is 1.85 bits per heavy atom. The smallest absolute Gasteiger partial charge is 0.165 e. The van der Waals surface area contributed by atoms with Gasteiger partial charge < -0.3 is 15.3 Å². The standard InChI is InChI=1S/C17H22O3/c1-9(2)12-6-5-10(3)7-13(12)15-14(18)8-11(4)16(19)17(15)20/h7-8,12-13,18-20H,1,5-6H2,2-4H3. The molecule has 0 aromatic heterocycles. The third-order valence-corrected chi connectivity index (χ3v) is 4.20. The Morgan fingerprint density at radius 1 is 1.20 bits per heavy atom. The van der Waals surface area contributed by atoms with Gasteiger partial charge in [-0.25, -0.2) is 0 Å². The molecule has 108 valence electrons. The van der Waals surface area contributed by atoms with E-state index < -0.39 is 0 Å². The Morgan fingerprint density at radius 3 is 2.45 bits per heavy atom. The van der Waals surface area contributed by atoms with Crippen molar-refractivity contribution in [2.45, 2.75) is 39.5 Å². The molecule has 1 aliphatic carbocycles. The summed E-state index contributed by atoms with van der Waals surface area (Å²) >= 11 is 0. The summed E-state index contributed by atoms with van der Waals surface area (Å²) in [4.78, 5) is 0. The van der Waals surface area contributed by atoms with E-state index in [-0.39, 0.29) is 29.1 Å². The summed E-state index contributed by atoms with van der Waals surface area (Å²) in [5, 5.41) is 30.4. The monoisotopic (exact) mass is 274 g/mol. The molecule has 0 aliphatic heterocycles. The minimum absolute atomic E-state index is 0.0278. The normalized spacial score (nSPS) is 22.4. The zero-order valence-corrected chi connectivity index (χ0v) is 12.3. The predicted octanol–water partition coefficient (Wildman–Crippen LogP) is 4.13. The second kappa shape index (κ2) is 5.23. The summed E-state index contributed by atoms with van der Waals surface area (Å²) in [6.45, 7) is 9.69. The second-order valence-electron chi connectivity index (χ2n) is 5.85. The number of rotatable bonds is 2. The molecule has 2 atom stereocenters. The Bertz CT molecular complexity index is 584. The van der Waals surface area contributed by atoms with Crippen LogP contribution in [0.3, 0.4) is 0 Å². The minimum atomic E-state index is -0.218. The molecule has 2 rings (SSSR count). The van der Waals surface area contributed by atoms with E-state index in [1.165, 1.54) is 11.6 Å². The van der Waals surface area contributed by atoms with Gasteiger partial charge in [0.25, 0.3) is 0 Å². The number of phenolic OH excluding ortho intramolecular Hbond substituents is 3. The fourth-order valence-electron chi connectivity index (χ4n) is 3.02. The third-order valence-electron chi connectivity index (χ3n) is 4.20. The van der Waals surface area contributed by atoms with E-state index in [1.54, 1.807) is 6.92 Å². The van der Waals surface area contributed by atoms with Crippen LogP contribution in [-0.4, -0.2) is 15.3 Å². The largest absolute Gasteiger partial charge is 0.507 e. The van der Waals surface area contributed by atoms with Gasteiger partial charge in [-0.05, 0) is 51.2 Å². The van der Waals surface area contributed by atoms with E-state index in [2.05, 4.69) is 12.7 Å². The molecule has 1 aliphatic rings. The van der Waals surface area contributed by atoms with Crippen LogP contribution in [0.2, 0.25) is 0 Å². The summed E-state index contributed by atoms with van der Waals surface area (Å²) in [7, 11) is 0. The molecule has 1 aromatic carbocycles. The van der Waals surface area contributed by atoms with Crippen molar-refractivity contribution in [1.82, 2.24) is 0 Å². The lowest BCUT2D eigenvalue weighted by molar-refractivity contribution is 0.372. The second-order valence-corrected chi connectivity index (χ2v) is 5.85. The van der Waals surface area contributed by atoms with Crippen LogP contribution in [-0.2, 0) is 0 Å². The molecule has 1 aromatic rings. The van der Waals surface area contributed by atoms with Crippen molar-refractivity contribution in [3.8, 4) is 17.2 Å². The number of hydrogen-bond donors (Lipinski definition) is 3. The van der Waals surface area contributed by atoms with Crippen molar-refractivity contribution in [3.05, 3.63) is 41.0 Å². The van der Waals surface area contributed by atoms with Crippen LogP contribution in [0.1, 0.15) is 43.7 Å². The maximum absolute atomic E-state index is 10.2. The molecule has 0 radical (unpaired) electrons. The molecule has 0 saturated heterocycles. The number of hydrogen-bond acceptors (Lipinski definition) is 3. The average molecular weight is 274 g/mol. The van der Waals surface area contributed by atoms with Crippen molar-refractivity contribution in [2.75, 3.05) is 0 Å². The molecule has 0 fully saturated rings. The lowest BCUT2D eigenvalue weighted by atomic mass is 9.73. The molecule has 0 heterocycles. The van der Waals surface area contributed by atoms with E-state index in [1.807, 2.05) is 13.8 Å². The van der Waals surface area contributed by atoms with E-state index >= 15 is 0 Å². The highest BCUT2D eigenvalue weighted by molar-refractivity contribution is 5.59. The van der Waals surface area contributed by atoms with Crippen LogP contribution in [0.4, 0.5) is 0 Å². The Balaban J connectivity index is 2.61. The lowest BCUT2D eigenvalue weighted by Crippen LogP contribution is -2.17. The van der Waals surface area contributed by atoms with Gasteiger partial charge in [0, 0.05) is 11.5 Å². The maximum atomic E-state index is 10.2. The highest BCUT2D eigenvalue weighted by atomic mass is 16.3. The van der Waals surface area contributed by atoms with Gasteiger partial charge in [-0.3, -0.25) is 0 Å². The first-order valence-corrected chi connectivity index (χ1v) is 6.90. The van der Waals surface area contributed by atoms with E-state index in [0.29, 0.717) is 11.1 Å². The summed E-state index contributed by atoms with van der Waals surface area (Å²) in [6.07, 6.45) is 4.00. The molecule has 0 amide bonds. The first-order valence-electron chi connectivity index (χ1n) is 6.90. The van der Waals surface area contributed by atoms with Crippen molar-refractivity contribution >= 4 is 0 Å². The van der Waals surface area contributed by atoms with Crippen LogP contribution >= 0.6 is 0 Å². The average Bonchev–Trinajstić information content (AvgIpc) is 2.36. The van der Waals surface area contributed by atoms with Crippen molar-refractivity contribution < 1.29 is 15.3 Å². The SMILES string of the molecule is C=C(C)C1CCC(C)=CC1c1c(O)cc(C)c(O)c1O. The quantitative estimate of drug-likeness (QED) is 0.432. The maximum Gasteiger partial charge on any atom is 0.165 e. The Kier molecular flexibility index (Phi) is 3.80. The Labute approximate surface area is 119 Å². The zero-order chi connectivity index (χ0) is 15.0.